The highest BCUT2D eigenvalue weighted by molar-refractivity contribution is 4.97. The first-order chi connectivity index (χ1) is 5.22. The van der Waals surface area contributed by atoms with Gasteiger partial charge in [-0.2, -0.15) is 0 Å². The predicted molar refractivity (Wildman–Crippen MR) is 45.0 cm³/mol. The molecule has 64 valence electrons. The molecule has 0 aromatic rings. The van der Waals surface area contributed by atoms with E-state index in [0.717, 1.165) is 6.42 Å². The van der Waals surface area contributed by atoms with E-state index < -0.39 is 12.2 Å². The SMILES string of the molecule is CC#CCC(O)C(O)CCC. The van der Waals surface area contributed by atoms with Crippen molar-refractivity contribution in [2.75, 3.05) is 0 Å². The van der Waals surface area contributed by atoms with Crippen LogP contribution in [-0.2, 0) is 0 Å². The number of hydrogen-bond acceptors (Lipinski definition) is 2. The second kappa shape index (κ2) is 6.21. The highest BCUT2D eigenvalue weighted by Crippen LogP contribution is 2.04. The Labute approximate surface area is 68.2 Å². The van der Waals surface area contributed by atoms with Crippen molar-refractivity contribution in [2.24, 2.45) is 0 Å². The lowest BCUT2D eigenvalue weighted by Crippen LogP contribution is -2.24. The van der Waals surface area contributed by atoms with E-state index in [0.29, 0.717) is 12.8 Å². The van der Waals surface area contributed by atoms with E-state index in [1.807, 2.05) is 6.92 Å². The smallest absolute Gasteiger partial charge is 0.0907 e. The standard InChI is InChI=1S/C9H16O2/c1-3-5-7-9(11)8(10)6-4-2/h8-11H,4,6-7H2,1-2H3. The van der Waals surface area contributed by atoms with Gasteiger partial charge >= 0.3 is 0 Å². The summed E-state index contributed by atoms with van der Waals surface area (Å²) >= 11 is 0. The molecule has 2 heteroatoms. The molecule has 0 aromatic carbocycles. The first-order valence-electron chi connectivity index (χ1n) is 3.98. The molecule has 2 unspecified atom stereocenters. The van der Waals surface area contributed by atoms with Gasteiger partial charge in [-0.05, 0) is 13.3 Å². The van der Waals surface area contributed by atoms with Crippen LogP contribution in [0, 0.1) is 11.8 Å². The minimum absolute atomic E-state index is 0.373. The van der Waals surface area contributed by atoms with Crippen molar-refractivity contribution in [3.8, 4) is 11.8 Å². The predicted octanol–water partition coefficient (Wildman–Crippen LogP) is 0.922. The number of rotatable bonds is 4. The van der Waals surface area contributed by atoms with Crippen LogP contribution in [0.1, 0.15) is 33.1 Å². The average molecular weight is 156 g/mol. The summed E-state index contributed by atoms with van der Waals surface area (Å²) in [5.41, 5.74) is 0. The Hall–Kier alpha value is -0.520. The zero-order valence-corrected chi connectivity index (χ0v) is 7.17. The normalized spacial score (nSPS) is 14.9. The Morgan fingerprint density at radius 2 is 1.91 bits per heavy atom. The van der Waals surface area contributed by atoms with Gasteiger partial charge in [0.25, 0.3) is 0 Å². The lowest BCUT2D eigenvalue weighted by molar-refractivity contribution is 0.0176. The molecule has 0 aromatic heterocycles. The van der Waals surface area contributed by atoms with Crippen molar-refractivity contribution >= 4 is 0 Å². The molecule has 0 spiro atoms. The number of aliphatic hydroxyl groups is 2. The molecule has 2 N–H and O–H groups in total. The third-order valence-electron chi connectivity index (χ3n) is 1.52. The Balaban J connectivity index is 3.59. The van der Waals surface area contributed by atoms with Gasteiger partial charge in [-0.3, -0.25) is 0 Å². The lowest BCUT2D eigenvalue weighted by atomic mass is 10.1. The van der Waals surface area contributed by atoms with Crippen LogP contribution < -0.4 is 0 Å². The van der Waals surface area contributed by atoms with Gasteiger partial charge in [-0.15, -0.1) is 11.8 Å². The molecular formula is C9H16O2. The molecular weight excluding hydrogens is 140 g/mol. The zero-order valence-electron chi connectivity index (χ0n) is 7.17. The number of aliphatic hydroxyl groups excluding tert-OH is 2. The Kier molecular flexibility index (Phi) is 5.91. The molecule has 0 radical (unpaired) electrons. The van der Waals surface area contributed by atoms with Crippen LogP contribution in [0.2, 0.25) is 0 Å². The average Bonchev–Trinajstić information content (AvgIpc) is 2.00. The van der Waals surface area contributed by atoms with Crippen molar-refractivity contribution in [1.29, 1.82) is 0 Å². The van der Waals surface area contributed by atoms with E-state index in [2.05, 4.69) is 11.8 Å². The molecule has 0 aliphatic carbocycles. The summed E-state index contributed by atoms with van der Waals surface area (Å²) < 4.78 is 0. The van der Waals surface area contributed by atoms with Crippen molar-refractivity contribution in [1.82, 2.24) is 0 Å². The maximum Gasteiger partial charge on any atom is 0.0907 e. The minimum Gasteiger partial charge on any atom is -0.390 e. The highest BCUT2D eigenvalue weighted by atomic mass is 16.3. The fourth-order valence-electron chi connectivity index (χ4n) is 0.831. The molecule has 0 amide bonds. The van der Waals surface area contributed by atoms with Gasteiger partial charge in [0.2, 0.25) is 0 Å². The maximum atomic E-state index is 9.23. The van der Waals surface area contributed by atoms with Gasteiger partial charge in [0.05, 0.1) is 12.2 Å². The summed E-state index contributed by atoms with van der Waals surface area (Å²) in [7, 11) is 0. The van der Waals surface area contributed by atoms with Crippen LogP contribution in [-0.4, -0.2) is 22.4 Å². The minimum atomic E-state index is -0.678. The summed E-state index contributed by atoms with van der Waals surface area (Å²) in [5, 5.41) is 18.5. The van der Waals surface area contributed by atoms with E-state index in [9.17, 15) is 10.2 Å². The summed E-state index contributed by atoms with van der Waals surface area (Å²) in [6.07, 6.45) is 0.616. The molecule has 0 bridgehead atoms. The molecule has 0 aliphatic heterocycles. The Bertz CT molecular complexity index is 143. The van der Waals surface area contributed by atoms with Crippen LogP contribution in [0.25, 0.3) is 0 Å². The Morgan fingerprint density at radius 3 is 2.36 bits per heavy atom. The number of hydrogen-bond donors (Lipinski definition) is 2. The largest absolute Gasteiger partial charge is 0.390 e. The molecule has 2 nitrogen and oxygen atoms in total. The molecule has 0 fully saturated rings. The first kappa shape index (κ1) is 10.5. The van der Waals surface area contributed by atoms with Gasteiger partial charge < -0.3 is 10.2 Å². The van der Waals surface area contributed by atoms with Gasteiger partial charge in [0.1, 0.15) is 0 Å². The lowest BCUT2D eigenvalue weighted by Gasteiger charge is -2.13. The first-order valence-corrected chi connectivity index (χ1v) is 3.98. The monoisotopic (exact) mass is 156 g/mol. The van der Waals surface area contributed by atoms with Crippen molar-refractivity contribution in [3.05, 3.63) is 0 Å². The van der Waals surface area contributed by atoms with Gasteiger partial charge in [0, 0.05) is 6.42 Å². The fourth-order valence-corrected chi connectivity index (χ4v) is 0.831. The highest BCUT2D eigenvalue weighted by Gasteiger charge is 2.12. The third-order valence-corrected chi connectivity index (χ3v) is 1.52. The summed E-state index contributed by atoms with van der Waals surface area (Å²) in [6.45, 7) is 3.69. The van der Waals surface area contributed by atoms with E-state index in [1.54, 1.807) is 6.92 Å². The quantitative estimate of drug-likeness (QED) is 0.594. The summed E-state index contributed by atoms with van der Waals surface area (Å²) in [6, 6.07) is 0. The summed E-state index contributed by atoms with van der Waals surface area (Å²) in [4.78, 5) is 0. The molecule has 0 heterocycles. The van der Waals surface area contributed by atoms with Gasteiger partial charge in [0.15, 0.2) is 0 Å². The molecule has 0 aliphatic rings. The van der Waals surface area contributed by atoms with Crippen LogP contribution in [0.4, 0.5) is 0 Å². The second-order valence-electron chi connectivity index (χ2n) is 2.55. The zero-order chi connectivity index (χ0) is 8.69. The Morgan fingerprint density at radius 1 is 1.27 bits per heavy atom. The van der Waals surface area contributed by atoms with Crippen LogP contribution in [0.3, 0.4) is 0 Å². The van der Waals surface area contributed by atoms with Crippen molar-refractivity contribution < 1.29 is 10.2 Å². The second-order valence-corrected chi connectivity index (χ2v) is 2.55. The van der Waals surface area contributed by atoms with E-state index >= 15 is 0 Å². The molecule has 0 saturated heterocycles. The van der Waals surface area contributed by atoms with Gasteiger partial charge in [-0.1, -0.05) is 13.3 Å². The van der Waals surface area contributed by atoms with Crippen LogP contribution in [0.15, 0.2) is 0 Å². The molecule has 0 rings (SSSR count). The third kappa shape index (κ3) is 4.83. The fraction of sp³-hybridized carbons (Fsp3) is 0.778. The van der Waals surface area contributed by atoms with Gasteiger partial charge in [-0.25, -0.2) is 0 Å². The van der Waals surface area contributed by atoms with E-state index in [4.69, 9.17) is 0 Å². The molecule has 0 saturated carbocycles. The van der Waals surface area contributed by atoms with E-state index in [-0.39, 0.29) is 0 Å². The van der Waals surface area contributed by atoms with E-state index in [1.165, 1.54) is 0 Å². The maximum absolute atomic E-state index is 9.23. The van der Waals surface area contributed by atoms with Crippen molar-refractivity contribution in [3.63, 3.8) is 0 Å². The molecule has 2 atom stereocenters. The van der Waals surface area contributed by atoms with Crippen molar-refractivity contribution in [2.45, 2.75) is 45.3 Å². The summed E-state index contributed by atoms with van der Waals surface area (Å²) in [5.74, 6) is 5.40. The topological polar surface area (TPSA) is 40.5 Å². The molecule has 11 heavy (non-hydrogen) atoms. The van der Waals surface area contributed by atoms with Crippen LogP contribution in [0.5, 0.6) is 0 Å². The van der Waals surface area contributed by atoms with Crippen LogP contribution >= 0.6 is 0 Å².